The van der Waals surface area contributed by atoms with Gasteiger partial charge in [-0.2, -0.15) is 0 Å². The zero-order valence-corrected chi connectivity index (χ0v) is 10.9. The Labute approximate surface area is 101 Å². The number of aromatic nitrogens is 5. The van der Waals surface area contributed by atoms with Crippen LogP contribution < -0.4 is 5.32 Å². The Kier molecular flexibility index (Phi) is 3.39. The molecule has 0 fully saturated rings. The molecule has 0 atom stereocenters. The van der Waals surface area contributed by atoms with E-state index in [1.807, 2.05) is 25.6 Å². The molecule has 2 aromatic rings. The highest BCUT2D eigenvalue weighted by molar-refractivity contribution is 7.98. The fourth-order valence-corrected chi connectivity index (χ4v) is 2.69. The molecular formula is C8H12N6S2. The lowest BCUT2D eigenvalue weighted by atomic mass is 10.7. The second-order valence-corrected chi connectivity index (χ2v) is 5.13. The second kappa shape index (κ2) is 4.79. The van der Waals surface area contributed by atoms with Gasteiger partial charge in [-0.3, -0.25) is 0 Å². The Bertz CT molecular complexity index is 477. The third kappa shape index (κ3) is 2.33. The second-order valence-electron chi connectivity index (χ2n) is 3.13. The summed E-state index contributed by atoms with van der Waals surface area (Å²) in [7, 11) is 3.79. The van der Waals surface area contributed by atoms with Crippen molar-refractivity contribution in [1.29, 1.82) is 0 Å². The van der Waals surface area contributed by atoms with Gasteiger partial charge in [-0.05, 0) is 6.92 Å². The van der Waals surface area contributed by atoms with Gasteiger partial charge in [-0.25, -0.2) is 0 Å². The summed E-state index contributed by atoms with van der Waals surface area (Å²) in [6.45, 7) is 1.93. The number of rotatable bonds is 4. The first-order valence-electron chi connectivity index (χ1n) is 4.69. The maximum atomic E-state index is 4.07. The molecule has 0 unspecified atom stereocenters. The average Bonchev–Trinajstić information content (AvgIpc) is 2.86. The maximum Gasteiger partial charge on any atom is 0.205 e. The summed E-state index contributed by atoms with van der Waals surface area (Å²) in [5.41, 5.74) is 0. The van der Waals surface area contributed by atoms with Crippen LogP contribution in [0.3, 0.4) is 0 Å². The van der Waals surface area contributed by atoms with Crippen LogP contribution in [0.1, 0.15) is 10.8 Å². The van der Waals surface area contributed by atoms with E-state index in [1.165, 1.54) is 0 Å². The first kappa shape index (κ1) is 11.3. The van der Waals surface area contributed by atoms with Crippen LogP contribution in [0.2, 0.25) is 0 Å². The third-order valence-electron chi connectivity index (χ3n) is 2.06. The van der Waals surface area contributed by atoms with Crippen LogP contribution in [0, 0.1) is 6.92 Å². The monoisotopic (exact) mass is 256 g/mol. The molecule has 0 aromatic carbocycles. The van der Waals surface area contributed by atoms with Crippen molar-refractivity contribution in [2.45, 2.75) is 17.8 Å². The maximum absolute atomic E-state index is 4.07. The predicted octanol–water partition coefficient (Wildman–Crippen LogP) is 1.31. The number of aryl methyl sites for hydroxylation is 1. The molecule has 8 heteroatoms. The molecule has 0 saturated carbocycles. The highest BCUT2D eigenvalue weighted by Crippen LogP contribution is 2.24. The van der Waals surface area contributed by atoms with Crippen molar-refractivity contribution < 1.29 is 0 Å². The van der Waals surface area contributed by atoms with Gasteiger partial charge in [-0.15, -0.1) is 20.4 Å². The summed E-state index contributed by atoms with van der Waals surface area (Å²) in [6.07, 6.45) is 0. The van der Waals surface area contributed by atoms with E-state index in [4.69, 9.17) is 0 Å². The van der Waals surface area contributed by atoms with Crippen LogP contribution in [0.4, 0.5) is 5.13 Å². The summed E-state index contributed by atoms with van der Waals surface area (Å²) in [4.78, 5) is 0. The van der Waals surface area contributed by atoms with Gasteiger partial charge < -0.3 is 9.88 Å². The molecule has 16 heavy (non-hydrogen) atoms. The molecule has 0 bridgehead atoms. The molecule has 2 rings (SSSR count). The lowest BCUT2D eigenvalue weighted by Gasteiger charge is -1.98. The number of thioether (sulfide) groups is 1. The lowest BCUT2D eigenvalue weighted by Crippen LogP contribution is -1.93. The van der Waals surface area contributed by atoms with E-state index in [-0.39, 0.29) is 0 Å². The van der Waals surface area contributed by atoms with E-state index in [2.05, 4.69) is 25.7 Å². The van der Waals surface area contributed by atoms with Crippen molar-refractivity contribution in [3.05, 3.63) is 10.8 Å². The molecule has 0 aliphatic rings. The van der Waals surface area contributed by atoms with Crippen LogP contribution in [0.15, 0.2) is 5.16 Å². The Morgan fingerprint density at radius 3 is 2.69 bits per heavy atom. The first-order valence-corrected chi connectivity index (χ1v) is 6.50. The molecule has 2 aromatic heterocycles. The Balaban J connectivity index is 1.99. The lowest BCUT2D eigenvalue weighted by molar-refractivity contribution is 0.765. The highest BCUT2D eigenvalue weighted by Gasteiger charge is 2.08. The quantitative estimate of drug-likeness (QED) is 0.832. The van der Waals surface area contributed by atoms with Crippen molar-refractivity contribution >= 4 is 28.2 Å². The number of nitrogens with one attached hydrogen (secondary N) is 1. The van der Waals surface area contributed by atoms with Crippen molar-refractivity contribution in [3.8, 4) is 0 Å². The van der Waals surface area contributed by atoms with Gasteiger partial charge in [0.15, 0.2) is 5.16 Å². The third-order valence-corrected chi connectivity index (χ3v) is 4.21. The molecule has 1 N–H and O–H groups in total. The molecule has 6 nitrogen and oxygen atoms in total. The van der Waals surface area contributed by atoms with E-state index in [1.54, 1.807) is 23.1 Å². The van der Waals surface area contributed by atoms with Gasteiger partial charge in [0, 0.05) is 14.1 Å². The predicted molar refractivity (Wildman–Crippen MR) is 64.8 cm³/mol. The SMILES string of the molecule is CNc1nnc(CSc2nnc(C)n2C)s1. The summed E-state index contributed by atoms with van der Waals surface area (Å²) >= 11 is 3.17. The minimum atomic E-state index is 0.769. The number of hydrogen-bond acceptors (Lipinski definition) is 7. The minimum Gasteiger partial charge on any atom is -0.363 e. The molecule has 0 aliphatic carbocycles. The molecule has 0 radical (unpaired) electrons. The Morgan fingerprint density at radius 1 is 1.31 bits per heavy atom. The van der Waals surface area contributed by atoms with Crippen molar-refractivity contribution in [2.24, 2.45) is 7.05 Å². The van der Waals surface area contributed by atoms with Crippen molar-refractivity contribution in [3.63, 3.8) is 0 Å². The summed E-state index contributed by atoms with van der Waals surface area (Å²) < 4.78 is 1.96. The first-order chi connectivity index (χ1) is 7.70. The van der Waals surface area contributed by atoms with E-state index >= 15 is 0 Å². The number of nitrogens with zero attached hydrogens (tertiary/aromatic N) is 5. The van der Waals surface area contributed by atoms with Gasteiger partial charge in [0.1, 0.15) is 10.8 Å². The van der Waals surface area contributed by atoms with Crippen molar-refractivity contribution in [2.75, 3.05) is 12.4 Å². The fourth-order valence-electron chi connectivity index (χ4n) is 1.05. The molecule has 0 amide bonds. The Morgan fingerprint density at radius 2 is 2.12 bits per heavy atom. The van der Waals surface area contributed by atoms with Gasteiger partial charge in [0.05, 0.1) is 5.75 Å². The van der Waals surface area contributed by atoms with E-state index in [9.17, 15) is 0 Å². The van der Waals surface area contributed by atoms with Crippen LogP contribution in [0.5, 0.6) is 0 Å². The number of anilines is 1. The molecular weight excluding hydrogens is 244 g/mol. The van der Waals surface area contributed by atoms with Gasteiger partial charge in [0.25, 0.3) is 0 Å². The fraction of sp³-hybridized carbons (Fsp3) is 0.500. The van der Waals surface area contributed by atoms with Crippen LogP contribution in [-0.2, 0) is 12.8 Å². The summed E-state index contributed by atoms with van der Waals surface area (Å²) in [5.74, 6) is 1.68. The summed E-state index contributed by atoms with van der Waals surface area (Å²) in [5, 5.41) is 21.8. The van der Waals surface area contributed by atoms with E-state index in [0.717, 1.165) is 26.9 Å². The van der Waals surface area contributed by atoms with Gasteiger partial charge in [-0.1, -0.05) is 23.1 Å². The molecule has 0 spiro atoms. The standard InChI is InChI=1S/C8H12N6S2/c1-5-10-13-8(14(5)3)15-4-6-11-12-7(9-2)16-6/h4H2,1-3H3,(H,9,12). The van der Waals surface area contributed by atoms with Crippen LogP contribution >= 0.6 is 23.1 Å². The van der Waals surface area contributed by atoms with Crippen LogP contribution in [-0.4, -0.2) is 32.0 Å². The molecule has 0 saturated heterocycles. The van der Waals surface area contributed by atoms with E-state index in [0.29, 0.717) is 0 Å². The molecule has 2 heterocycles. The average molecular weight is 256 g/mol. The smallest absolute Gasteiger partial charge is 0.205 e. The van der Waals surface area contributed by atoms with Gasteiger partial charge >= 0.3 is 0 Å². The van der Waals surface area contributed by atoms with Gasteiger partial charge in [0.2, 0.25) is 5.13 Å². The topological polar surface area (TPSA) is 68.5 Å². The normalized spacial score (nSPS) is 10.7. The highest BCUT2D eigenvalue weighted by atomic mass is 32.2. The largest absolute Gasteiger partial charge is 0.363 e. The minimum absolute atomic E-state index is 0.769. The molecule has 0 aliphatic heterocycles. The van der Waals surface area contributed by atoms with E-state index < -0.39 is 0 Å². The molecule has 86 valence electrons. The summed E-state index contributed by atoms with van der Waals surface area (Å²) in [6, 6.07) is 0. The van der Waals surface area contributed by atoms with Crippen LogP contribution in [0.25, 0.3) is 0 Å². The van der Waals surface area contributed by atoms with Crippen molar-refractivity contribution in [1.82, 2.24) is 25.0 Å². The Hall–Kier alpha value is -1.15. The zero-order valence-electron chi connectivity index (χ0n) is 9.26. The number of hydrogen-bond donors (Lipinski definition) is 1. The zero-order chi connectivity index (χ0) is 11.5.